The van der Waals surface area contributed by atoms with E-state index in [0.29, 0.717) is 27.7 Å². The first-order chi connectivity index (χ1) is 13.4. The number of nitrogens with one attached hydrogen (secondary N) is 1. The van der Waals surface area contributed by atoms with Gasteiger partial charge in [0.15, 0.2) is 0 Å². The molecule has 0 atom stereocenters. The SMILES string of the molecule is CNC(=O)c1ccc(CN(C)C(=O)c2sc(-c3ccc(F)cc3)nc2C)cc1. The van der Waals surface area contributed by atoms with Crippen LogP contribution in [0.5, 0.6) is 0 Å². The van der Waals surface area contributed by atoms with Crippen LogP contribution in [0.3, 0.4) is 0 Å². The first kappa shape index (κ1) is 19.7. The second-order valence-electron chi connectivity index (χ2n) is 6.38. The van der Waals surface area contributed by atoms with Crippen molar-refractivity contribution in [2.75, 3.05) is 14.1 Å². The molecule has 0 unspecified atom stereocenters. The maximum absolute atomic E-state index is 13.1. The Kier molecular flexibility index (Phi) is 5.84. The molecule has 7 heteroatoms. The maximum Gasteiger partial charge on any atom is 0.265 e. The predicted molar refractivity (Wildman–Crippen MR) is 108 cm³/mol. The Labute approximate surface area is 166 Å². The van der Waals surface area contributed by atoms with Gasteiger partial charge in [0, 0.05) is 31.8 Å². The molecule has 0 radical (unpaired) electrons. The quantitative estimate of drug-likeness (QED) is 0.711. The number of aryl methyl sites for hydroxylation is 1. The van der Waals surface area contributed by atoms with Crippen LogP contribution in [0.1, 0.15) is 31.3 Å². The summed E-state index contributed by atoms with van der Waals surface area (Å²) in [7, 11) is 3.31. The molecule has 2 aromatic carbocycles. The van der Waals surface area contributed by atoms with Gasteiger partial charge in [0.05, 0.1) is 5.69 Å². The third kappa shape index (κ3) is 4.26. The normalized spacial score (nSPS) is 10.6. The molecule has 28 heavy (non-hydrogen) atoms. The molecule has 0 aliphatic carbocycles. The van der Waals surface area contributed by atoms with Crippen LogP contribution in [-0.2, 0) is 6.54 Å². The number of nitrogens with zero attached hydrogens (tertiary/aromatic N) is 2. The van der Waals surface area contributed by atoms with Crippen molar-refractivity contribution in [3.8, 4) is 10.6 Å². The number of benzene rings is 2. The summed E-state index contributed by atoms with van der Waals surface area (Å²) < 4.78 is 13.1. The second-order valence-corrected chi connectivity index (χ2v) is 7.38. The zero-order chi connectivity index (χ0) is 20.3. The van der Waals surface area contributed by atoms with Crippen LogP contribution in [0.25, 0.3) is 10.6 Å². The number of carbonyl (C=O) groups excluding carboxylic acids is 2. The largest absolute Gasteiger partial charge is 0.355 e. The van der Waals surface area contributed by atoms with Crippen molar-refractivity contribution in [1.82, 2.24) is 15.2 Å². The lowest BCUT2D eigenvalue weighted by Crippen LogP contribution is -2.26. The Morgan fingerprint density at radius 2 is 1.75 bits per heavy atom. The zero-order valence-electron chi connectivity index (χ0n) is 15.8. The van der Waals surface area contributed by atoms with E-state index >= 15 is 0 Å². The minimum Gasteiger partial charge on any atom is -0.355 e. The smallest absolute Gasteiger partial charge is 0.265 e. The van der Waals surface area contributed by atoms with Crippen LogP contribution in [0.4, 0.5) is 4.39 Å². The van der Waals surface area contributed by atoms with E-state index in [1.807, 2.05) is 12.1 Å². The monoisotopic (exact) mass is 397 g/mol. The van der Waals surface area contributed by atoms with Crippen molar-refractivity contribution in [3.63, 3.8) is 0 Å². The molecule has 1 aromatic heterocycles. The van der Waals surface area contributed by atoms with Gasteiger partial charge in [0.2, 0.25) is 0 Å². The molecule has 0 aliphatic heterocycles. The number of amides is 2. The summed E-state index contributed by atoms with van der Waals surface area (Å²) >= 11 is 1.30. The van der Waals surface area contributed by atoms with Crippen molar-refractivity contribution < 1.29 is 14.0 Å². The van der Waals surface area contributed by atoms with E-state index in [0.717, 1.165) is 11.1 Å². The molecule has 5 nitrogen and oxygen atoms in total. The van der Waals surface area contributed by atoms with Crippen LogP contribution in [0.15, 0.2) is 48.5 Å². The van der Waals surface area contributed by atoms with Gasteiger partial charge >= 0.3 is 0 Å². The van der Waals surface area contributed by atoms with E-state index in [1.165, 1.54) is 23.5 Å². The summed E-state index contributed by atoms with van der Waals surface area (Å²) in [6.45, 7) is 2.21. The van der Waals surface area contributed by atoms with E-state index in [4.69, 9.17) is 0 Å². The highest BCUT2D eigenvalue weighted by molar-refractivity contribution is 7.17. The lowest BCUT2D eigenvalue weighted by molar-refractivity contribution is 0.0788. The lowest BCUT2D eigenvalue weighted by Gasteiger charge is -2.16. The molecular weight excluding hydrogens is 377 g/mol. The molecule has 3 aromatic rings. The minimum absolute atomic E-state index is 0.126. The summed E-state index contributed by atoms with van der Waals surface area (Å²) in [5.41, 5.74) is 2.92. The molecule has 0 fully saturated rings. The van der Waals surface area contributed by atoms with E-state index in [2.05, 4.69) is 10.3 Å². The molecule has 1 heterocycles. The van der Waals surface area contributed by atoms with Gasteiger partial charge in [0.1, 0.15) is 15.7 Å². The number of aromatic nitrogens is 1. The van der Waals surface area contributed by atoms with E-state index in [9.17, 15) is 14.0 Å². The van der Waals surface area contributed by atoms with Crippen LogP contribution in [0, 0.1) is 12.7 Å². The third-order valence-electron chi connectivity index (χ3n) is 4.29. The van der Waals surface area contributed by atoms with Crippen LogP contribution >= 0.6 is 11.3 Å². The average molecular weight is 397 g/mol. The standard InChI is InChI=1S/C21H20FN3O2S/c1-13-18(28-20(24-13)16-8-10-17(22)11-9-16)21(27)25(3)12-14-4-6-15(7-5-14)19(26)23-2/h4-11H,12H2,1-3H3,(H,23,26). The van der Waals surface area contributed by atoms with Crippen molar-refractivity contribution >= 4 is 23.2 Å². The fourth-order valence-electron chi connectivity index (χ4n) is 2.74. The number of hydrogen-bond acceptors (Lipinski definition) is 4. The first-order valence-corrected chi connectivity index (χ1v) is 9.50. The maximum atomic E-state index is 13.1. The molecule has 3 rings (SSSR count). The van der Waals surface area contributed by atoms with Crippen LogP contribution in [-0.4, -0.2) is 35.8 Å². The summed E-state index contributed by atoms with van der Waals surface area (Å²) in [6, 6.07) is 13.2. The molecule has 0 saturated carbocycles. The van der Waals surface area contributed by atoms with Crippen molar-refractivity contribution in [1.29, 1.82) is 0 Å². The highest BCUT2D eigenvalue weighted by Gasteiger charge is 2.20. The predicted octanol–water partition coefficient (Wildman–Crippen LogP) is 3.89. The molecule has 0 bridgehead atoms. The second kappa shape index (κ2) is 8.31. The Balaban J connectivity index is 1.74. The van der Waals surface area contributed by atoms with Gasteiger partial charge in [-0.05, 0) is 48.9 Å². The average Bonchev–Trinajstić information content (AvgIpc) is 3.09. The van der Waals surface area contributed by atoms with Gasteiger partial charge in [-0.2, -0.15) is 0 Å². The molecule has 144 valence electrons. The number of carbonyl (C=O) groups is 2. The molecule has 0 spiro atoms. The van der Waals surface area contributed by atoms with Crippen molar-refractivity contribution in [2.45, 2.75) is 13.5 Å². The Bertz CT molecular complexity index is 997. The molecule has 2 amide bonds. The topological polar surface area (TPSA) is 62.3 Å². The van der Waals surface area contributed by atoms with Gasteiger partial charge in [0.25, 0.3) is 11.8 Å². The molecule has 0 aliphatic rings. The summed E-state index contributed by atoms with van der Waals surface area (Å²) in [5, 5.41) is 3.26. The minimum atomic E-state index is -0.310. The van der Waals surface area contributed by atoms with Gasteiger partial charge in [-0.15, -0.1) is 11.3 Å². The van der Waals surface area contributed by atoms with Gasteiger partial charge in [-0.3, -0.25) is 9.59 Å². The van der Waals surface area contributed by atoms with Gasteiger partial charge < -0.3 is 10.2 Å². The Hall–Kier alpha value is -3.06. The highest BCUT2D eigenvalue weighted by atomic mass is 32.1. The molecular formula is C21H20FN3O2S. The van der Waals surface area contributed by atoms with Crippen molar-refractivity contribution in [2.24, 2.45) is 0 Å². The van der Waals surface area contributed by atoms with Gasteiger partial charge in [-0.1, -0.05) is 12.1 Å². The summed E-state index contributed by atoms with van der Waals surface area (Å²) in [4.78, 5) is 31.1. The first-order valence-electron chi connectivity index (χ1n) is 8.69. The molecule has 0 saturated heterocycles. The highest BCUT2D eigenvalue weighted by Crippen LogP contribution is 2.29. The molecule has 1 N–H and O–H groups in total. The van der Waals surface area contributed by atoms with Gasteiger partial charge in [-0.25, -0.2) is 9.37 Å². The van der Waals surface area contributed by atoms with Crippen molar-refractivity contribution in [3.05, 3.63) is 76.0 Å². The Morgan fingerprint density at radius 3 is 2.36 bits per heavy atom. The summed E-state index contributed by atoms with van der Waals surface area (Å²) in [6.07, 6.45) is 0. The van der Waals surface area contributed by atoms with Crippen LogP contribution < -0.4 is 5.32 Å². The number of hydrogen-bond donors (Lipinski definition) is 1. The van der Waals surface area contributed by atoms with E-state index < -0.39 is 0 Å². The van der Waals surface area contributed by atoms with Crippen LogP contribution in [0.2, 0.25) is 0 Å². The lowest BCUT2D eigenvalue weighted by atomic mass is 10.1. The fraction of sp³-hybridized carbons (Fsp3) is 0.190. The number of thiazole rings is 1. The third-order valence-corrected chi connectivity index (χ3v) is 5.49. The number of halogens is 1. The van der Waals surface area contributed by atoms with E-state index in [-0.39, 0.29) is 17.6 Å². The summed E-state index contributed by atoms with van der Waals surface area (Å²) in [5.74, 6) is -0.584. The van der Waals surface area contributed by atoms with E-state index in [1.54, 1.807) is 50.2 Å². The zero-order valence-corrected chi connectivity index (χ0v) is 16.6. The number of rotatable bonds is 5. The fourth-order valence-corrected chi connectivity index (χ4v) is 3.80. The Morgan fingerprint density at radius 1 is 1.11 bits per heavy atom.